The lowest BCUT2D eigenvalue weighted by Crippen LogP contribution is -2.58. The van der Waals surface area contributed by atoms with Crippen molar-refractivity contribution >= 4 is 5.91 Å². The number of morpholine rings is 1. The maximum absolute atomic E-state index is 13.1. The topological polar surface area (TPSA) is 63.7 Å². The van der Waals surface area contributed by atoms with E-state index in [2.05, 4.69) is 10.1 Å². The molecule has 2 aromatic heterocycles. The van der Waals surface area contributed by atoms with Crippen molar-refractivity contribution in [2.75, 3.05) is 32.8 Å². The fourth-order valence-electron chi connectivity index (χ4n) is 4.29. The molecule has 7 nitrogen and oxygen atoms in total. The minimum Gasteiger partial charge on any atom is -0.371 e. The second-order valence-corrected chi connectivity index (χ2v) is 7.92. The van der Waals surface area contributed by atoms with E-state index in [1.807, 2.05) is 48.7 Å². The standard InChI is InChI=1S/C20H28N4O3/c1-15-4-7-22(3)18(15)19(25)24-10-11-26-20(14-24)5-8-23(9-6-20)13-17-12-16(2)27-21-17/h4,7,12H,5-6,8-11,13-14H2,1-3H3. The number of likely N-dealkylation sites (tertiary alicyclic amines) is 1. The van der Waals surface area contributed by atoms with Gasteiger partial charge < -0.3 is 18.7 Å². The number of hydrogen-bond donors (Lipinski definition) is 0. The van der Waals surface area contributed by atoms with Crippen molar-refractivity contribution in [3.8, 4) is 0 Å². The first-order chi connectivity index (χ1) is 13.0. The molecule has 2 saturated heterocycles. The van der Waals surface area contributed by atoms with Gasteiger partial charge in [0.15, 0.2) is 0 Å². The van der Waals surface area contributed by atoms with Crippen LogP contribution in [0.25, 0.3) is 0 Å². The van der Waals surface area contributed by atoms with Crippen LogP contribution in [0, 0.1) is 13.8 Å². The molecule has 2 fully saturated rings. The number of carbonyl (C=O) groups is 1. The van der Waals surface area contributed by atoms with Crippen molar-refractivity contribution in [1.29, 1.82) is 0 Å². The summed E-state index contributed by atoms with van der Waals surface area (Å²) < 4.78 is 13.3. The predicted octanol–water partition coefficient (Wildman–Crippen LogP) is 2.14. The van der Waals surface area contributed by atoms with Crippen LogP contribution in [0.1, 0.15) is 40.3 Å². The van der Waals surface area contributed by atoms with Gasteiger partial charge in [0.25, 0.3) is 5.91 Å². The Morgan fingerprint density at radius 2 is 2.04 bits per heavy atom. The maximum Gasteiger partial charge on any atom is 0.270 e. The molecule has 4 rings (SSSR count). The van der Waals surface area contributed by atoms with Crippen molar-refractivity contribution in [2.24, 2.45) is 7.05 Å². The first-order valence-electron chi connectivity index (χ1n) is 9.65. The first-order valence-corrected chi connectivity index (χ1v) is 9.65. The van der Waals surface area contributed by atoms with E-state index in [-0.39, 0.29) is 11.5 Å². The van der Waals surface area contributed by atoms with E-state index in [9.17, 15) is 4.79 Å². The molecular formula is C20H28N4O3. The summed E-state index contributed by atoms with van der Waals surface area (Å²) in [6.45, 7) is 8.54. The number of ether oxygens (including phenoxy) is 1. The Kier molecular flexibility index (Phi) is 4.82. The summed E-state index contributed by atoms with van der Waals surface area (Å²) >= 11 is 0. The van der Waals surface area contributed by atoms with Crippen molar-refractivity contribution in [3.05, 3.63) is 41.0 Å². The number of nitrogens with zero attached hydrogens (tertiary/aromatic N) is 4. The van der Waals surface area contributed by atoms with Crippen LogP contribution < -0.4 is 0 Å². The van der Waals surface area contributed by atoms with Gasteiger partial charge in [0.2, 0.25) is 0 Å². The van der Waals surface area contributed by atoms with Crippen LogP contribution in [-0.2, 0) is 18.3 Å². The van der Waals surface area contributed by atoms with E-state index in [4.69, 9.17) is 9.26 Å². The average molecular weight is 372 g/mol. The van der Waals surface area contributed by atoms with Crippen LogP contribution in [0.4, 0.5) is 0 Å². The maximum atomic E-state index is 13.1. The van der Waals surface area contributed by atoms with Crippen LogP contribution in [0.5, 0.6) is 0 Å². The highest BCUT2D eigenvalue weighted by molar-refractivity contribution is 5.94. The van der Waals surface area contributed by atoms with Crippen molar-refractivity contribution < 1.29 is 14.1 Å². The van der Waals surface area contributed by atoms with Gasteiger partial charge in [-0.2, -0.15) is 0 Å². The van der Waals surface area contributed by atoms with Gasteiger partial charge >= 0.3 is 0 Å². The number of piperidine rings is 1. The molecule has 0 bridgehead atoms. The quantitative estimate of drug-likeness (QED) is 0.826. The highest BCUT2D eigenvalue weighted by Gasteiger charge is 2.41. The average Bonchev–Trinajstić information content (AvgIpc) is 3.22. The molecule has 0 aromatic carbocycles. The summed E-state index contributed by atoms with van der Waals surface area (Å²) in [6, 6.07) is 3.98. The normalized spacial score (nSPS) is 20.3. The molecule has 4 heterocycles. The van der Waals surface area contributed by atoms with Gasteiger partial charge in [0.05, 0.1) is 24.4 Å². The zero-order valence-electron chi connectivity index (χ0n) is 16.4. The van der Waals surface area contributed by atoms with E-state index in [0.717, 1.165) is 55.2 Å². The van der Waals surface area contributed by atoms with Crippen LogP contribution in [0.3, 0.4) is 0 Å². The van der Waals surface area contributed by atoms with E-state index < -0.39 is 0 Å². The second-order valence-electron chi connectivity index (χ2n) is 7.92. The van der Waals surface area contributed by atoms with Gasteiger partial charge in [-0.3, -0.25) is 9.69 Å². The molecule has 2 aliphatic heterocycles. The Labute approximate surface area is 159 Å². The highest BCUT2D eigenvalue weighted by atomic mass is 16.5. The first kappa shape index (κ1) is 18.3. The Hall–Kier alpha value is -2.12. The molecule has 0 radical (unpaired) electrons. The van der Waals surface area contributed by atoms with E-state index in [1.54, 1.807) is 0 Å². The zero-order chi connectivity index (χ0) is 19.0. The number of hydrogen-bond acceptors (Lipinski definition) is 5. The van der Waals surface area contributed by atoms with Gasteiger partial charge in [0, 0.05) is 45.5 Å². The van der Waals surface area contributed by atoms with Crippen molar-refractivity contribution in [3.63, 3.8) is 0 Å². The lowest BCUT2D eigenvalue weighted by Gasteiger charge is -2.47. The Balaban J connectivity index is 1.39. The number of amides is 1. The predicted molar refractivity (Wildman–Crippen MR) is 100 cm³/mol. The minimum absolute atomic E-state index is 0.114. The molecule has 0 N–H and O–H groups in total. The summed E-state index contributed by atoms with van der Waals surface area (Å²) in [5.41, 5.74) is 2.57. The monoisotopic (exact) mass is 372 g/mol. The Morgan fingerprint density at radius 3 is 2.67 bits per heavy atom. The van der Waals surface area contributed by atoms with Crippen LogP contribution in [0.15, 0.2) is 22.9 Å². The summed E-state index contributed by atoms with van der Waals surface area (Å²) in [6.07, 6.45) is 3.81. The molecule has 7 heteroatoms. The molecule has 0 unspecified atom stereocenters. The molecule has 1 spiro atoms. The van der Waals surface area contributed by atoms with Crippen molar-refractivity contribution in [2.45, 2.75) is 38.8 Å². The minimum atomic E-state index is -0.219. The lowest BCUT2D eigenvalue weighted by atomic mass is 9.89. The third-order valence-electron chi connectivity index (χ3n) is 5.84. The van der Waals surface area contributed by atoms with E-state index >= 15 is 0 Å². The Morgan fingerprint density at radius 1 is 1.26 bits per heavy atom. The van der Waals surface area contributed by atoms with Crippen LogP contribution in [0.2, 0.25) is 0 Å². The van der Waals surface area contributed by atoms with Gasteiger partial charge in [-0.1, -0.05) is 5.16 Å². The summed E-state index contributed by atoms with van der Waals surface area (Å²) in [4.78, 5) is 17.4. The fourth-order valence-corrected chi connectivity index (χ4v) is 4.29. The number of aromatic nitrogens is 2. The largest absolute Gasteiger partial charge is 0.371 e. The molecule has 0 atom stereocenters. The third-order valence-corrected chi connectivity index (χ3v) is 5.84. The highest BCUT2D eigenvalue weighted by Crippen LogP contribution is 2.31. The van der Waals surface area contributed by atoms with Crippen molar-refractivity contribution in [1.82, 2.24) is 19.5 Å². The number of aryl methyl sites for hydroxylation is 3. The Bertz CT molecular complexity index is 798. The third kappa shape index (κ3) is 3.66. The van der Waals surface area contributed by atoms with E-state index in [1.165, 1.54) is 0 Å². The smallest absolute Gasteiger partial charge is 0.270 e. The molecule has 27 heavy (non-hydrogen) atoms. The number of carbonyl (C=O) groups excluding carboxylic acids is 1. The molecule has 2 aromatic rings. The van der Waals surface area contributed by atoms with Gasteiger partial charge in [0.1, 0.15) is 11.5 Å². The van der Waals surface area contributed by atoms with Gasteiger partial charge in [-0.25, -0.2) is 0 Å². The van der Waals surface area contributed by atoms with E-state index in [0.29, 0.717) is 19.7 Å². The lowest BCUT2D eigenvalue weighted by molar-refractivity contribution is -0.128. The fraction of sp³-hybridized carbons (Fsp3) is 0.600. The molecular weight excluding hydrogens is 344 g/mol. The van der Waals surface area contributed by atoms with Gasteiger partial charge in [-0.15, -0.1) is 0 Å². The van der Waals surface area contributed by atoms with Gasteiger partial charge in [-0.05, 0) is 38.3 Å². The molecule has 0 saturated carbocycles. The zero-order valence-corrected chi connectivity index (χ0v) is 16.4. The number of rotatable bonds is 3. The summed E-state index contributed by atoms with van der Waals surface area (Å²) in [5.74, 6) is 0.961. The SMILES string of the molecule is Cc1cc(CN2CCC3(CC2)CN(C(=O)c2c(C)ccn2C)CCO3)no1. The molecule has 0 aliphatic carbocycles. The van der Waals surface area contributed by atoms with Crippen LogP contribution >= 0.6 is 0 Å². The summed E-state index contributed by atoms with van der Waals surface area (Å²) in [5, 5.41) is 4.09. The second kappa shape index (κ2) is 7.13. The molecule has 2 aliphatic rings. The van der Waals surface area contributed by atoms with Crippen LogP contribution in [-0.4, -0.2) is 63.8 Å². The summed E-state index contributed by atoms with van der Waals surface area (Å²) in [7, 11) is 1.93. The molecule has 146 valence electrons. The molecule has 1 amide bonds.